The third-order valence-electron chi connectivity index (χ3n) is 10.7. The van der Waals surface area contributed by atoms with Crippen molar-refractivity contribution in [3.8, 4) is 5.75 Å². The quantitative estimate of drug-likeness (QED) is 0.0488. The Labute approximate surface area is 363 Å². The molecular weight excluding hydrogens is 894 g/mol. The van der Waals surface area contributed by atoms with Gasteiger partial charge in [0.2, 0.25) is 0 Å². The smallest absolute Gasteiger partial charge is 0.427 e. The molecule has 3 aliphatic rings. The molecule has 0 aliphatic carbocycles. The number of imidazole rings is 1. The van der Waals surface area contributed by atoms with Gasteiger partial charge in [0.15, 0.2) is 36.3 Å². The van der Waals surface area contributed by atoms with Crippen LogP contribution in [-0.2, 0) is 47.2 Å². The zero-order valence-electron chi connectivity index (χ0n) is 34.1. The van der Waals surface area contributed by atoms with Crippen LogP contribution in [0.2, 0.25) is 0 Å². The van der Waals surface area contributed by atoms with E-state index in [9.17, 15) is 28.4 Å². The van der Waals surface area contributed by atoms with E-state index < -0.39 is 88.3 Å². The number of nitrogen functional groups attached to an aromatic ring is 1. The maximum atomic E-state index is 16.4. The molecular formula is C38H49F2N7O13P2S. The highest BCUT2D eigenvalue weighted by atomic mass is 32.7. The number of anilines is 1. The minimum absolute atomic E-state index is 0.0148. The first-order valence-electron chi connectivity index (χ1n) is 20.6. The maximum absolute atomic E-state index is 16.4. The van der Waals surface area contributed by atoms with Crippen molar-refractivity contribution >= 4 is 49.0 Å². The highest BCUT2D eigenvalue weighted by molar-refractivity contribution is 8.54. The van der Waals surface area contributed by atoms with E-state index >= 15 is 8.78 Å². The summed E-state index contributed by atoms with van der Waals surface area (Å²) in [6, 6.07) is 7.28. The summed E-state index contributed by atoms with van der Waals surface area (Å²) in [4.78, 5) is 62.0. The molecule has 3 fully saturated rings. The lowest BCUT2D eigenvalue weighted by Crippen LogP contribution is -2.36. The standard InChI is InChI=1S/C38H49F2N7O13P2S/c1-2-3-4-5-6-7-8-9-10-11-28(49)56-24-14-12-23(13-15-24)20-63-62(53)55-18-25-29(39)33(37(57-25)47-22-44-31-34(41)42-21-43-35(31)47)59-61(51,52)54-19-26-32(60-62)30(40)36(58-26)46-17-16-27(48)45-38(46)50/h12-17,21-22,25-26,29-30,32-33,36-37H,2-11,18-20H2,1H3,(H,51,52)(H2,41,42,43)(H,45,48,50)/t25-,26-,29-,30-,32-,33-,36-,37-,62?/m1/s1. The number of fused-ring (bicyclic) bond motifs is 4. The second-order valence-corrected chi connectivity index (χ2v) is 20.7. The molecule has 4 aromatic rings. The number of nitrogens with two attached hydrogens (primary N) is 1. The average Bonchev–Trinajstić information content (AvgIpc) is 3.91. The summed E-state index contributed by atoms with van der Waals surface area (Å²) >= 11 is 0.598. The number of aromatic amines is 1. The van der Waals surface area contributed by atoms with E-state index in [0.29, 0.717) is 33.7 Å². The van der Waals surface area contributed by atoms with Crippen LogP contribution < -0.4 is 21.7 Å². The molecule has 1 aromatic carbocycles. The molecule has 0 amide bonds. The topological polar surface area (TPSA) is 261 Å². The highest BCUT2D eigenvalue weighted by Crippen LogP contribution is 2.64. The largest absolute Gasteiger partial charge is 0.472 e. The number of carbonyl (C=O) groups is 1. The second-order valence-electron chi connectivity index (χ2n) is 15.2. The number of H-pyrrole nitrogens is 1. The molecule has 4 N–H and O–H groups in total. The van der Waals surface area contributed by atoms with E-state index in [1.54, 1.807) is 24.3 Å². The Bertz CT molecular complexity index is 2410. The first-order valence-corrected chi connectivity index (χ1v) is 25.2. The first kappa shape index (κ1) is 47.1. The van der Waals surface area contributed by atoms with Gasteiger partial charge in [-0.15, -0.1) is 0 Å². The molecule has 3 aromatic heterocycles. The van der Waals surface area contributed by atoms with Crippen LogP contribution in [0.15, 0.2) is 58.8 Å². The summed E-state index contributed by atoms with van der Waals surface area (Å²) < 4.78 is 102. The van der Waals surface area contributed by atoms with Crippen molar-refractivity contribution in [2.75, 3.05) is 18.9 Å². The molecule has 2 bridgehead atoms. The van der Waals surface area contributed by atoms with Gasteiger partial charge >= 0.3 is 26.3 Å². The number of halogens is 2. The fourth-order valence-corrected chi connectivity index (χ4v) is 11.7. The van der Waals surface area contributed by atoms with E-state index in [4.69, 9.17) is 38.0 Å². The van der Waals surface area contributed by atoms with E-state index in [-0.39, 0.29) is 35.1 Å². The molecule has 25 heteroatoms. The molecule has 344 valence electrons. The molecule has 0 radical (unpaired) electrons. The molecule has 63 heavy (non-hydrogen) atoms. The Morgan fingerprint density at radius 2 is 1.59 bits per heavy atom. The van der Waals surface area contributed by atoms with Crippen LogP contribution in [0.1, 0.15) is 89.2 Å². The number of alkyl halides is 2. The summed E-state index contributed by atoms with van der Waals surface area (Å²) in [5.41, 5.74) is 4.82. The van der Waals surface area contributed by atoms with Crippen molar-refractivity contribution in [2.24, 2.45) is 0 Å². The third kappa shape index (κ3) is 11.7. The number of benzene rings is 1. The van der Waals surface area contributed by atoms with Gasteiger partial charge in [-0.2, -0.15) is 0 Å². The number of esters is 1. The minimum atomic E-state index is -5.27. The summed E-state index contributed by atoms with van der Waals surface area (Å²) in [6.07, 6.45) is -1.43. The highest BCUT2D eigenvalue weighted by Gasteiger charge is 2.55. The number of aromatic nitrogens is 6. The predicted molar refractivity (Wildman–Crippen MR) is 223 cm³/mol. The summed E-state index contributed by atoms with van der Waals surface area (Å²) in [7, 11) is -5.27. The number of hydrogen-bond acceptors (Lipinski definition) is 17. The van der Waals surface area contributed by atoms with E-state index in [1.807, 2.05) is 4.98 Å². The van der Waals surface area contributed by atoms with Crippen LogP contribution in [0.25, 0.3) is 11.2 Å². The van der Waals surface area contributed by atoms with Crippen LogP contribution in [0.5, 0.6) is 5.75 Å². The Balaban J connectivity index is 1.08. The van der Waals surface area contributed by atoms with Gasteiger partial charge in [0.1, 0.15) is 42.0 Å². The SMILES string of the molecule is CCCCCCCCCCCC(=O)Oc1ccc(CSP2(=O)OC[C@H]3O[C@@H](n4cnc5c(N)ncnc54)[C@H](OP(=O)(O)OC[C@H]4O[C@@H](n5ccc(=O)[nH]c5=O)[C@H](F)[C@@H]4O2)[C@@H]3F)cc1. The molecule has 7 rings (SSSR count). The Hall–Kier alpha value is -3.89. The van der Waals surface area contributed by atoms with Gasteiger partial charge in [0, 0.05) is 24.4 Å². The fraction of sp³-hybridized carbons (Fsp3) is 0.579. The lowest BCUT2D eigenvalue weighted by Gasteiger charge is -2.27. The van der Waals surface area contributed by atoms with Crippen molar-refractivity contribution in [3.05, 3.63) is 75.6 Å². The molecule has 0 saturated carbocycles. The molecule has 6 heterocycles. The number of nitrogens with zero attached hydrogens (tertiary/aromatic N) is 5. The van der Waals surface area contributed by atoms with Gasteiger partial charge in [0.05, 0.1) is 19.5 Å². The van der Waals surface area contributed by atoms with Crippen molar-refractivity contribution < 1.29 is 59.9 Å². The number of hydrogen-bond donors (Lipinski definition) is 3. The van der Waals surface area contributed by atoms with Gasteiger partial charge < -0.3 is 24.8 Å². The molecule has 2 unspecified atom stereocenters. The monoisotopic (exact) mass is 943 g/mol. The summed E-state index contributed by atoms with van der Waals surface area (Å²) in [5.74, 6) is -0.188. The number of phosphoric acid groups is 1. The van der Waals surface area contributed by atoms with Crippen molar-refractivity contribution in [3.63, 3.8) is 0 Å². The Kier molecular flexibility index (Phi) is 15.7. The van der Waals surface area contributed by atoms with Crippen LogP contribution >= 0.6 is 26.0 Å². The molecule has 20 nitrogen and oxygen atoms in total. The van der Waals surface area contributed by atoms with Crippen molar-refractivity contribution in [1.82, 2.24) is 29.1 Å². The van der Waals surface area contributed by atoms with Crippen molar-refractivity contribution in [2.45, 2.75) is 126 Å². The maximum Gasteiger partial charge on any atom is 0.472 e. The summed E-state index contributed by atoms with van der Waals surface area (Å²) in [6.45, 7) is -4.22. The zero-order valence-corrected chi connectivity index (χ0v) is 36.8. The number of unbranched alkanes of at least 4 members (excludes halogenated alkanes) is 8. The molecule has 10 atom stereocenters. The summed E-state index contributed by atoms with van der Waals surface area (Å²) in [5, 5.41) is 0. The van der Waals surface area contributed by atoms with E-state index in [1.165, 1.54) is 43.0 Å². The lowest BCUT2D eigenvalue weighted by molar-refractivity contribution is -0.134. The second kappa shape index (κ2) is 21.0. The van der Waals surface area contributed by atoms with E-state index in [0.717, 1.165) is 37.9 Å². The normalized spacial score (nSPS) is 30.0. The average molecular weight is 944 g/mol. The van der Waals surface area contributed by atoms with Gasteiger partial charge in [0.25, 0.3) is 5.56 Å². The number of rotatable bonds is 16. The van der Waals surface area contributed by atoms with Gasteiger partial charge in [-0.05, 0) is 35.5 Å². The van der Waals surface area contributed by atoms with E-state index in [2.05, 4.69) is 21.9 Å². The fourth-order valence-electron chi connectivity index (χ4n) is 7.36. The number of ether oxygens (including phenoxy) is 3. The van der Waals surface area contributed by atoms with Gasteiger partial charge in [-0.3, -0.25) is 41.8 Å². The first-order chi connectivity index (χ1) is 30.2. The molecule has 0 spiro atoms. The number of phosphoric ester groups is 1. The Morgan fingerprint density at radius 1 is 0.889 bits per heavy atom. The van der Waals surface area contributed by atoms with Crippen LogP contribution in [0, 0.1) is 0 Å². The van der Waals surface area contributed by atoms with Crippen LogP contribution in [0.3, 0.4) is 0 Å². The van der Waals surface area contributed by atoms with Crippen molar-refractivity contribution in [1.29, 1.82) is 0 Å². The van der Waals surface area contributed by atoms with Gasteiger partial charge in [-0.25, -0.2) is 37.7 Å². The zero-order chi connectivity index (χ0) is 44.7. The minimum Gasteiger partial charge on any atom is -0.427 e. The van der Waals surface area contributed by atoms with Gasteiger partial charge in [-0.1, -0.05) is 70.4 Å². The number of carbonyl (C=O) groups excluding carboxylic acids is 1. The predicted octanol–water partition coefficient (Wildman–Crippen LogP) is 6.22. The third-order valence-corrected chi connectivity index (χ3v) is 15.3. The lowest BCUT2D eigenvalue weighted by atomic mass is 10.1. The molecule has 3 aliphatic heterocycles. The van der Waals surface area contributed by atoms with Crippen LogP contribution in [-0.4, -0.2) is 89.9 Å². The molecule has 3 saturated heterocycles. The van der Waals surface area contributed by atoms with Crippen LogP contribution in [0.4, 0.5) is 14.6 Å². The Morgan fingerprint density at radius 3 is 2.32 bits per heavy atom. The number of nitrogens with one attached hydrogen (secondary N) is 1.